The molecule has 0 heterocycles. The lowest BCUT2D eigenvalue weighted by Gasteiger charge is -2.36. The molecule has 1 saturated carbocycles. The lowest BCUT2D eigenvalue weighted by molar-refractivity contribution is -0.0729. The van der Waals surface area contributed by atoms with Crippen molar-refractivity contribution in [2.24, 2.45) is 11.8 Å². The normalized spacial score (nSPS) is 30.5. The zero-order valence-electron chi connectivity index (χ0n) is 7.58. The van der Waals surface area contributed by atoms with Gasteiger partial charge in [-0.05, 0) is 31.1 Å². The van der Waals surface area contributed by atoms with Crippen LogP contribution in [0, 0.1) is 11.8 Å². The van der Waals surface area contributed by atoms with Gasteiger partial charge in [0.1, 0.15) is 0 Å². The Kier molecular flexibility index (Phi) is 3.34. The minimum atomic E-state index is 0.834. The highest BCUT2D eigenvalue weighted by Gasteiger charge is 2.28. The first-order valence-electron chi connectivity index (χ1n) is 4.64. The van der Waals surface area contributed by atoms with E-state index in [9.17, 15) is 0 Å². The van der Waals surface area contributed by atoms with E-state index >= 15 is 0 Å². The van der Waals surface area contributed by atoms with Crippen LogP contribution >= 0.6 is 0 Å². The molecule has 0 bridgehead atoms. The van der Waals surface area contributed by atoms with E-state index in [2.05, 4.69) is 6.92 Å². The summed E-state index contributed by atoms with van der Waals surface area (Å²) >= 11 is 0. The van der Waals surface area contributed by atoms with Crippen molar-refractivity contribution in [3.05, 3.63) is 0 Å². The summed E-state index contributed by atoms with van der Waals surface area (Å²) in [5, 5.41) is 10.2. The van der Waals surface area contributed by atoms with Crippen molar-refractivity contribution in [1.29, 1.82) is 0 Å². The molecule has 0 aromatic carbocycles. The van der Waals surface area contributed by atoms with Gasteiger partial charge in [-0.3, -0.25) is 0 Å². The van der Waals surface area contributed by atoms with Crippen LogP contribution in [-0.4, -0.2) is 23.9 Å². The van der Waals surface area contributed by atoms with E-state index in [4.69, 9.17) is 5.21 Å². The monoisotopic (exact) mass is 157 g/mol. The molecule has 2 unspecified atom stereocenters. The highest BCUT2D eigenvalue weighted by atomic mass is 16.5. The fourth-order valence-corrected chi connectivity index (χ4v) is 1.91. The van der Waals surface area contributed by atoms with Gasteiger partial charge in [-0.25, -0.2) is 0 Å². The first-order chi connectivity index (χ1) is 5.24. The third-order valence-electron chi connectivity index (χ3n) is 2.92. The van der Waals surface area contributed by atoms with Crippen molar-refractivity contribution in [3.8, 4) is 0 Å². The molecule has 0 spiro atoms. The number of hydrogen-bond donors (Lipinski definition) is 1. The van der Waals surface area contributed by atoms with E-state index in [1.165, 1.54) is 30.7 Å². The zero-order chi connectivity index (χ0) is 8.27. The molecule has 1 aliphatic rings. The fourth-order valence-electron chi connectivity index (χ4n) is 1.91. The minimum absolute atomic E-state index is 0.834. The molecule has 0 saturated heterocycles. The highest BCUT2D eigenvalue weighted by molar-refractivity contribution is 4.79. The van der Waals surface area contributed by atoms with Gasteiger partial charge >= 0.3 is 0 Å². The van der Waals surface area contributed by atoms with Crippen LogP contribution in [0.4, 0.5) is 0 Å². The fraction of sp³-hybridized carbons (Fsp3) is 1.00. The van der Waals surface area contributed by atoms with Crippen LogP contribution in [0.5, 0.6) is 0 Å². The van der Waals surface area contributed by atoms with E-state index in [0.29, 0.717) is 0 Å². The van der Waals surface area contributed by atoms with Gasteiger partial charge in [0, 0.05) is 13.6 Å². The Bertz CT molecular complexity index is 112. The predicted molar refractivity (Wildman–Crippen MR) is 45.5 cm³/mol. The summed E-state index contributed by atoms with van der Waals surface area (Å²) in [7, 11) is 1.72. The molecule has 0 aromatic rings. The Hall–Kier alpha value is -0.0800. The van der Waals surface area contributed by atoms with Crippen LogP contribution in [-0.2, 0) is 0 Å². The summed E-state index contributed by atoms with van der Waals surface area (Å²) in [4.78, 5) is 0. The Labute approximate surface area is 69.2 Å². The molecule has 2 nitrogen and oxygen atoms in total. The molecular formula is C9H19NO. The maximum absolute atomic E-state index is 8.91. The number of hydroxylamine groups is 2. The van der Waals surface area contributed by atoms with Crippen LogP contribution in [0.1, 0.15) is 32.6 Å². The molecule has 1 N–H and O–H groups in total. The summed E-state index contributed by atoms with van der Waals surface area (Å²) in [5.41, 5.74) is 0. The van der Waals surface area contributed by atoms with Crippen LogP contribution in [0.15, 0.2) is 0 Å². The maximum Gasteiger partial charge on any atom is 0.0237 e. The van der Waals surface area contributed by atoms with Gasteiger partial charge < -0.3 is 5.21 Å². The van der Waals surface area contributed by atoms with Gasteiger partial charge in [-0.15, -0.1) is 0 Å². The van der Waals surface area contributed by atoms with E-state index in [1.807, 2.05) is 0 Å². The zero-order valence-corrected chi connectivity index (χ0v) is 7.58. The first-order valence-corrected chi connectivity index (χ1v) is 4.64. The SMILES string of the molecule is CCC1CCC1CCN(C)O. The van der Waals surface area contributed by atoms with Crippen molar-refractivity contribution < 1.29 is 5.21 Å². The molecule has 0 aromatic heterocycles. The van der Waals surface area contributed by atoms with E-state index < -0.39 is 0 Å². The third kappa shape index (κ3) is 2.46. The molecule has 2 atom stereocenters. The van der Waals surface area contributed by atoms with E-state index in [-0.39, 0.29) is 0 Å². The Morgan fingerprint density at radius 3 is 2.36 bits per heavy atom. The summed E-state index contributed by atoms with van der Waals surface area (Å²) in [6, 6.07) is 0. The Morgan fingerprint density at radius 2 is 2.00 bits per heavy atom. The van der Waals surface area contributed by atoms with Crippen molar-refractivity contribution in [1.82, 2.24) is 5.06 Å². The molecule has 1 rings (SSSR count). The minimum Gasteiger partial charge on any atom is -0.314 e. The number of rotatable bonds is 4. The van der Waals surface area contributed by atoms with Gasteiger partial charge in [0.15, 0.2) is 0 Å². The molecule has 11 heavy (non-hydrogen) atoms. The van der Waals surface area contributed by atoms with Crippen molar-refractivity contribution >= 4 is 0 Å². The predicted octanol–water partition coefficient (Wildman–Crippen LogP) is 2.13. The van der Waals surface area contributed by atoms with Gasteiger partial charge in [-0.1, -0.05) is 13.3 Å². The summed E-state index contributed by atoms with van der Waals surface area (Å²) < 4.78 is 0. The second-order valence-electron chi connectivity index (χ2n) is 3.68. The average molecular weight is 157 g/mol. The van der Waals surface area contributed by atoms with Gasteiger partial charge in [-0.2, -0.15) is 5.06 Å². The lowest BCUT2D eigenvalue weighted by Crippen LogP contribution is -2.28. The highest BCUT2D eigenvalue weighted by Crippen LogP contribution is 2.38. The van der Waals surface area contributed by atoms with Crippen LogP contribution in [0.2, 0.25) is 0 Å². The molecule has 0 aliphatic heterocycles. The molecular weight excluding hydrogens is 138 g/mol. The van der Waals surface area contributed by atoms with Crippen molar-refractivity contribution in [2.75, 3.05) is 13.6 Å². The van der Waals surface area contributed by atoms with Crippen molar-refractivity contribution in [2.45, 2.75) is 32.6 Å². The van der Waals surface area contributed by atoms with Crippen LogP contribution in [0.25, 0.3) is 0 Å². The van der Waals surface area contributed by atoms with Gasteiger partial charge in [0.05, 0.1) is 0 Å². The summed E-state index contributed by atoms with van der Waals surface area (Å²) in [6.45, 7) is 3.10. The number of hydrogen-bond acceptors (Lipinski definition) is 2. The lowest BCUT2D eigenvalue weighted by atomic mass is 9.71. The molecule has 1 aliphatic carbocycles. The molecule has 1 fully saturated rings. The Balaban J connectivity index is 2.07. The van der Waals surface area contributed by atoms with E-state index in [0.717, 1.165) is 18.4 Å². The quantitative estimate of drug-likeness (QED) is 0.632. The molecule has 0 amide bonds. The van der Waals surface area contributed by atoms with Crippen molar-refractivity contribution in [3.63, 3.8) is 0 Å². The topological polar surface area (TPSA) is 23.5 Å². The summed E-state index contributed by atoms with van der Waals surface area (Å²) in [5.74, 6) is 1.85. The maximum atomic E-state index is 8.91. The second-order valence-corrected chi connectivity index (χ2v) is 3.68. The molecule has 2 heteroatoms. The van der Waals surface area contributed by atoms with E-state index in [1.54, 1.807) is 7.05 Å². The molecule has 66 valence electrons. The van der Waals surface area contributed by atoms with Gasteiger partial charge in [0.25, 0.3) is 0 Å². The largest absolute Gasteiger partial charge is 0.314 e. The average Bonchev–Trinajstić information content (AvgIpc) is 1.86. The third-order valence-corrected chi connectivity index (χ3v) is 2.92. The van der Waals surface area contributed by atoms with Crippen LogP contribution in [0.3, 0.4) is 0 Å². The first kappa shape index (κ1) is 9.01. The smallest absolute Gasteiger partial charge is 0.0237 e. The number of nitrogens with zero attached hydrogens (tertiary/aromatic N) is 1. The van der Waals surface area contributed by atoms with Crippen LogP contribution < -0.4 is 0 Å². The Morgan fingerprint density at radius 1 is 1.36 bits per heavy atom. The standard InChI is InChI=1S/C9H19NO/c1-3-8-4-5-9(8)6-7-10(2)11/h8-9,11H,3-7H2,1-2H3. The second kappa shape index (κ2) is 4.07. The van der Waals surface area contributed by atoms with Gasteiger partial charge in [0.2, 0.25) is 0 Å². The molecule has 0 radical (unpaired) electrons. The summed E-state index contributed by atoms with van der Waals surface area (Å²) in [6.07, 6.45) is 5.29.